The highest BCUT2D eigenvalue weighted by Gasteiger charge is 2.46. The molecule has 1 aliphatic heterocycles. The Morgan fingerprint density at radius 2 is 2.35 bits per heavy atom. The quantitative estimate of drug-likeness (QED) is 0.328. The Bertz CT molecular complexity index is 717. The molecule has 1 aromatic rings. The van der Waals surface area contributed by atoms with Crippen LogP contribution in [-0.4, -0.2) is 58.9 Å². The van der Waals surface area contributed by atoms with Crippen LogP contribution in [0, 0.1) is 11.3 Å². The standard InChI is InChI=1S/C15H20N4O7/c1-9(20)24-7-10-12(21)13(25-8-23-6-2-4-16)14(26-10)19-5-3-11(17)18-15(19)22/h3,5,10,12-14,21H,2,6-8H2,1H3,(H2,17,18,22)/t10-,12-,13-,14-/m1/s1. The molecular weight excluding hydrogens is 348 g/mol. The Hall–Kier alpha value is -2.52. The molecule has 3 N–H and O–H groups in total. The lowest BCUT2D eigenvalue weighted by Crippen LogP contribution is -2.38. The van der Waals surface area contributed by atoms with Gasteiger partial charge in [0.2, 0.25) is 0 Å². The summed E-state index contributed by atoms with van der Waals surface area (Å²) in [5.41, 5.74) is 4.79. The topological polar surface area (TPSA) is 159 Å². The second-order valence-corrected chi connectivity index (χ2v) is 5.47. The summed E-state index contributed by atoms with van der Waals surface area (Å²) < 4.78 is 22.2. The van der Waals surface area contributed by atoms with Gasteiger partial charge in [-0.05, 0) is 6.07 Å². The molecule has 4 atom stereocenters. The molecule has 0 aliphatic carbocycles. The molecule has 1 saturated heterocycles. The normalized spacial score (nSPS) is 25.0. The summed E-state index contributed by atoms with van der Waals surface area (Å²) in [4.78, 5) is 26.7. The van der Waals surface area contributed by atoms with E-state index in [1.165, 1.54) is 19.2 Å². The average Bonchev–Trinajstić information content (AvgIpc) is 2.89. The number of nitrogen functional groups attached to an aromatic ring is 1. The van der Waals surface area contributed by atoms with E-state index in [9.17, 15) is 14.7 Å². The van der Waals surface area contributed by atoms with Crippen LogP contribution < -0.4 is 11.4 Å². The first-order chi connectivity index (χ1) is 12.4. The van der Waals surface area contributed by atoms with Gasteiger partial charge in [0.05, 0.1) is 19.1 Å². The minimum atomic E-state index is -1.19. The zero-order chi connectivity index (χ0) is 19.1. The molecule has 0 spiro atoms. The molecule has 0 aromatic carbocycles. The summed E-state index contributed by atoms with van der Waals surface area (Å²) in [5.74, 6) is -0.494. The van der Waals surface area contributed by atoms with Crippen LogP contribution in [0.25, 0.3) is 0 Å². The fourth-order valence-corrected chi connectivity index (χ4v) is 2.38. The third-order valence-electron chi connectivity index (χ3n) is 3.59. The van der Waals surface area contributed by atoms with E-state index < -0.39 is 36.2 Å². The molecule has 11 heteroatoms. The maximum Gasteiger partial charge on any atom is 0.351 e. The number of esters is 1. The summed E-state index contributed by atoms with van der Waals surface area (Å²) in [7, 11) is 0. The highest BCUT2D eigenvalue weighted by atomic mass is 16.7. The number of aliphatic hydroxyl groups is 1. The number of hydrogen-bond donors (Lipinski definition) is 2. The second-order valence-electron chi connectivity index (χ2n) is 5.47. The van der Waals surface area contributed by atoms with Crippen LogP contribution in [-0.2, 0) is 23.7 Å². The summed E-state index contributed by atoms with van der Waals surface area (Å²) in [6, 6.07) is 3.32. The largest absolute Gasteiger partial charge is 0.463 e. The van der Waals surface area contributed by atoms with Gasteiger partial charge >= 0.3 is 11.7 Å². The summed E-state index contributed by atoms with van der Waals surface area (Å²) in [5, 5.41) is 18.9. The smallest absolute Gasteiger partial charge is 0.351 e. The van der Waals surface area contributed by atoms with Gasteiger partial charge in [0.1, 0.15) is 37.5 Å². The molecule has 26 heavy (non-hydrogen) atoms. The number of aliphatic hydroxyl groups excluding tert-OH is 1. The van der Waals surface area contributed by atoms with Crippen molar-refractivity contribution in [1.29, 1.82) is 5.26 Å². The predicted octanol–water partition coefficient (Wildman–Crippen LogP) is -1.08. The molecule has 1 aliphatic rings. The maximum atomic E-state index is 12.1. The van der Waals surface area contributed by atoms with Gasteiger partial charge in [-0.1, -0.05) is 0 Å². The zero-order valence-electron chi connectivity index (χ0n) is 14.1. The molecule has 2 heterocycles. The van der Waals surface area contributed by atoms with Crippen molar-refractivity contribution in [2.45, 2.75) is 37.9 Å². The molecule has 0 unspecified atom stereocenters. The van der Waals surface area contributed by atoms with Gasteiger partial charge in [-0.25, -0.2) is 4.79 Å². The van der Waals surface area contributed by atoms with E-state index in [2.05, 4.69) is 4.98 Å². The predicted molar refractivity (Wildman–Crippen MR) is 85.4 cm³/mol. The van der Waals surface area contributed by atoms with Crippen molar-refractivity contribution in [2.75, 3.05) is 25.7 Å². The molecule has 0 saturated carbocycles. The Morgan fingerprint density at radius 3 is 3.00 bits per heavy atom. The van der Waals surface area contributed by atoms with Crippen molar-refractivity contribution in [3.05, 3.63) is 22.7 Å². The lowest BCUT2D eigenvalue weighted by molar-refractivity contribution is -0.147. The van der Waals surface area contributed by atoms with Crippen LogP contribution >= 0.6 is 0 Å². The van der Waals surface area contributed by atoms with Gasteiger partial charge in [0.25, 0.3) is 0 Å². The molecular formula is C15H20N4O7. The van der Waals surface area contributed by atoms with Gasteiger partial charge in [-0.2, -0.15) is 10.2 Å². The first-order valence-electron chi connectivity index (χ1n) is 7.82. The Kier molecular flexibility index (Phi) is 7.05. The van der Waals surface area contributed by atoms with Gasteiger partial charge in [-0.15, -0.1) is 0 Å². The van der Waals surface area contributed by atoms with E-state index in [-0.39, 0.29) is 32.2 Å². The zero-order valence-corrected chi connectivity index (χ0v) is 14.1. The highest BCUT2D eigenvalue weighted by Crippen LogP contribution is 2.31. The fourth-order valence-electron chi connectivity index (χ4n) is 2.38. The summed E-state index contributed by atoms with van der Waals surface area (Å²) in [6.07, 6.45) is -2.55. The molecule has 0 amide bonds. The Balaban J connectivity index is 2.13. The lowest BCUT2D eigenvalue weighted by atomic mass is 10.1. The first-order valence-corrected chi connectivity index (χ1v) is 7.82. The highest BCUT2D eigenvalue weighted by molar-refractivity contribution is 5.65. The number of ether oxygens (including phenoxy) is 4. The number of nitrogens with two attached hydrogens (primary N) is 1. The van der Waals surface area contributed by atoms with E-state index in [4.69, 9.17) is 29.9 Å². The Labute approximate surface area is 148 Å². The van der Waals surface area contributed by atoms with Crippen molar-refractivity contribution in [3.63, 3.8) is 0 Å². The van der Waals surface area contributed by atoms with Crippen molar-refractivity contribution >= 4 is 11.8 Å². The van der Waals surface area contributed by atoms with Crippen LogP contribution in [0.4, 0.5) is 5.82 Å². The van der Waals surface area contributed by atoms with E-state index in [0.29, 0.717) is 0 Å². The molecule has 11 nitrogen and oxygen atoms in total. The van der Waals surface area contributed by atoms with E-state index in [1.54, 1.807) is 0 Å². The van der Waals surface area contributed by atoms with E-state index in [1.807, 2.05) is 6.07 Å². The number of carbonyl (C=O) groups excluding carboxylic acids is 1. The monoisotopic (exact) mass is 368 g/mol. The minimum absolute atomic E-state index is 0.0403. The molecule has 1 aromatic heterocycles. The molecule has 0 radical (unpaired) electrons. The number of nitriles is 1. The summed E-state index contributed by atoms with van der Waals surface area (Å²) in [6.45, 7) is 0.954. The minimum Gasteiger partial charge on any atom is -0.463 e. The number of carbonyl (C=O) groups is 1. The third kappa shape index (κ3) is 4.99. The average molecular weight is 368 g/mol. The first kappa shape index (κ1) is 19.8. The molecule has 142 valence electrons. The van der Waals surface area contributed by atoms with E-state index >= 15 is 0 Å². The molecule has 0 bridgehead atoms. The third-order valence-corrected chi connectivity index (χ3v) is 3.59. The SMILES string of the molecule is CC(=O)OC[C@H]1O[C@@H](n2ccc(N)nc2=O)[C@H](OCOCCC#N)[C@@H]1O. The number of anilines is 1. The van der Waals surface area contributed by atoms with Crippen molar-refractivity contribution in [1.82, 2.24) is 9.55 Å². The van der Waals surface area contributed by atoms with Gasteiger partial charge in [-0.3, -0.25) is 9.36 Å². The van der Waals surface area contributed by atoms with Crippen LogP contribution in [0.15, 0.2) is 17.1 Å². The van der Waals surface area contributed by atoms with Crippen molar-refractivity contribution in [2.24, 2.45) is 0 Å². The molecule has 2 rings (SSSR count). The van der Waals surface area contributed by atoms with Crippen LogP contribution in [0.2, 0.25) is 0 Å². The van der Waals surface area contributed by atoms with Gasteiger partial charge < -0.3 is 29.8 Å². The number of hydrogen-bond acceptors (Lipinski definition) is 10. The number of nitrogens with zero attached hydrogens (tertiary/aromatic N) is 3. The van der Waals surface area contributed by atoms with Gasteiger partial charge in [0.15, 0.2) is 6.23 Å². The second kappa shape index (κ2) is 9.25. The van der Waals surface area contributed by atoms with Gasteiger partial charge in [0, 0.05) is 13.1 Å². The summed E-state index contributed by atoms with van der Waals surface area (Å²) >= 11 is 0. The number of aromatic nitrogens is 2. The fraction of sp³-hybridized carbons (Fsp3) is 0.600. The Morgan fingerprint density at radius 1 is 1.58 bits per heavy atom. The lowest BCUT2D eigenvalue weighted by Gasteiger charge is -2.22. The van der Waals surface area contributed by atoms with Crippen LogP contribution in [0.3, 0.4) is 0 Å². The van der Waals surface area contributed by atoms with Crippen LogP contribution in [0.5, 0.6) is 0 Å². The van der Waals surface area contributed by atoms with Crippen molar-refractivity contribution < 1.29 is 28.8 Å². The van der Waals surface area contributed by atoms with Crippen molar-refractivity contribution in [3.8, 4) is 6.07 Å². The van der Waals surface area contributed by atoms with Crippen LogP contribution in [0.1, 0.15) is 19.6 Å². The molecule has 1 fully saturated rings. The maximum absolute atomic E-state index is 12.1. The number of rotatable bonds is 8. The van der Waals surface area contributed by atoms with E-state index in [0.717, 1.165) is 4.57 Å².